The molecule has 1 aromatic rings. The van der Waals surface area contributed by atoms with Crippen LogP contribution in [0.15, 0.2) is 6.07 Å². The molecular weight excluding hydrogens is 235 g/mol. The molecule has 0 atom stereocenters. The second-order valence-electron chi connectivity index (χ2n) is 2.81. The summed E-state index contributed by atoms with van der Waals surface area (Å²) in [5, 5.41) is 0. The van der Waals surface area contributed by atoms with Crippen LogP contribution in [-0.4, -0.2) is 11.3 Å². The van der Waals surface area contributed by atoms with Crippen LogP contribution in [-0.2, 0) is 6.18 Å². The number of anilines is 1. The topological polar surface area (TPSA) is 56.0 Å². The number of nitrogen functional groups attached to an aromatic ring is 1. The van der Waals surface area contributed by atoms with Crippen molar-refractivity contribution in [1.29, 1.82) is 0 Å². The quantitative estimate of drug-likeness (QED) is 0.638. The number of hydrogen-bond donors (Lipinski definition) is 1. The number of halogens is 5. The summed E-state index contributed by atoms with van der Waals surface area (Å²) < 4.78 is 61.8. The number of pyridine rings is 1. The summed E-state index contributed by atoms with van der Waals surface area (Å²) in [7, 11) is 0. The number of hydrogen-bond acceptors (Lipinski definition) is 3. The Labute approximate surface area is 86.1 Å². The molecule has 0 amide bonds. The average Bonchev–Trinajstić information content (AvgIpc) is 2.14. The van der Waals surface area contributed by atoms with E-state index in [4.69, 9.17) is 5.73 Å². The molecule has 8 heteroatoms. The van der Waals surface area contributed by atoms with Crippen LogP contribution < -0.4 is 5.73 Å². The molecule has 2 N–H and O–H groups in total. The highest BCUT2D eigenvalue weighted by Gasteiger charge is 2.36. The van der Waals surface area contributed by atoms with Crippen molar-refractivity contribution in [3.63, 3.8) is 0 Å². The molecule has 0 bridgehead atoms. The Bertz CT molecular complexity index is 416. The van der Waals surface area contributed by atoms with Crippen LogP contribution in [0.25, 0.3) is 0 Å². The van der Waals surface area contributed by atoms with Crippen LogP contribution in [0, 0.1) is 0 Å². The predicted molar refractivity (Wildman–Crippen MR) is 44.0 cm³/mol. The summed E-state index contributed by atoms with van der Waals surface area (Å²) in [4.78, 5) is 13.4. The Morgan fingerprint density at radius 2 is 1.94 bits per heavy atom. The summed E-state index contributed by atoms with van der Waals surface area (Å²) in [6, 6.07) is 0.343. The van der Waals surface area contributed by atoms with Gasteiger partial charge in [0.1, 0.15) is 11.5 Å². The van der Waals surface area contributed by atoms with Gasteiger partial charge in [-0.1, -0.05) is 0 Å². The van der Waals surface area contributed by atoms with Crippen molar-refractivity contribution in [2.75, 3.05) is 5.73 Å². The van der Waals surface area contributed by atoms with Crippen molar-refractivity contribution in [3.8, 4) is 0 Å². The van der Waals surface area contributed by atoms with E-state index in [1.165, 1.54) is 0 Å². The molecular formula is C8H5F5N2O. The standard InChI is InChI=1S/C8H5F5N2O/c9-7(10)6-3(2-16)4(8(11,12)13)1-5(14)15-6/h1-2,7H,(H2,14,15). The second-order valence-corrected chi connectivity index (χ2v) is 2.81. The van der Waals surface area contributed by atoms with Gasteiger partial charge in [0.15, 0.2) is 6.29 Å². The number of alkyl halides is 5. The van der Waals surface area contributed by atoms with E-state index in [0.29, 0.717) is 6.07 Å². The van der Waals surface area contributed by atoms with E-state index in [1.54, 1.807) is 0 Å². The zero-order valence-electron chi connectivity index (χ0n) is 7.55. The molecule has 88 valence electrons. The maximum Gasteiger partial charge on any atom is 0.417 e. The first-order chi connectivity index (χ1) is 7.27. The molecule has 0 fully saturated rings. The van der Waals surface area contributed by atoms with Gasteiger partial charge < -0.3 is 5.73 Å². The van der Waals surface area contributed by atoms with Gasteiger partial charge in [-0.05, 0) is 6.07 Å². The van der Waals surface area contributed by atoms with Crippen LogP contribution in [0.5, 0.6) is 0 Å². The molecule has 16 heavy (non-hydrogen) atoms. The smallest absolute Gasteiger partial charge is 0.384 e. The highest BCUT2D eigenvalue weighted by Crippen LogP contribution is 2.35. The summed E-state index contributed by atoms with van der Waals surface area (Å²) in [5.74, 6) is -0.715. The van der Waals surface area contributed by atoms with Crippen molar-refractivity contribution in [1.82, 2.24) is 4.98 Å². The number of aldehydes is 1. The Kier molecular flexibility index (Phi) is 3.11. The van der Waals surface area contributed by atoms with Crippen molar-refractivity contribution in [2.24, 2.45) is 0 Å². The van der Waals surface area contributed by atoms with E-state index in [-0.39, 0.29) is 6.29 Å². The van der Waals surface area contributed by atoms with Gasteiger partial charge in [0.05, 0.1) is 11.1 Å². The average molecular weight is 240 g/mol. The van der Waals surface area contributed by atoms with Gasteiger partial charge >= 0.3 is 6.18 Å². The van der Waals surface area contributed by atoms with Crippen LogP contribution in [0.2, 0.25) is 0 Å². The molecule has 0 unspecified atom stereocenters. The molecule has 0 aromatic carbocycles. The number of aromatic nitrogens is 1. The van der Waals surface area contributed by atoms with Crippen molar-refractivity contribution in [3.05, 3.63) is 22.9 Å². The first-order valence-electron chi connectivity index (χ1n) is 3.88. The highest BCUT2D eigenvalue weighted by molar-refractivity contribution is 5.80. The monoisotopic (exact) mass is 240 g/mol. The van der Waals surface area contributed by atoms with Crippen molar-refractivity contribution >= 4 is 12.1 Å². The third-order valence-corrected chi connectivity index (χ3v) is 1.74. The van der Waals surface area contributed by atoms with Gasteiger partial charge in [0, 0.05) is 0 Å². The number of carbonyl (C=O) groups excluding carboxylic acids is 1. The zero-order chi connectivity index (χ0) is 12.5. The molecule has 0 aliphatic rings. The summed E-state index contributed by atoms with van der Waals surface area (Å²) in [6.07, 6.45) is -8.54. The van der Waals surface area contributed by atoms with Gasteiger partial charge in [0.25, 0.3) is 6.43 Å². The Morgan fingerprint density at radius 1 is 1.38 bits per heavy atom. The van der Waals surface area contributed by atoms with Gasteiger partial charge in [-0.15, -0.1) is 0 Å². The summed E-state index contributed by atoms with van der Waals surface area (Å²) in [5.41, 5.74) is 1.00. The fourth-order valence-electron chi connectivity index (χ4n) is 1.12. The van der Waals surface area contributed by atoms with Gasteiger partial charge in [-0.3, -0.25) is 4.79 Å². The van der Waals surface area contributed by atoms with E-state index in [0.717, 1.165) is 0 Å². The lowest BCUT2D eigenvalue weighted by Crippen LogP contribution is -2.14. The molecule has 0 saturated carbocycles. The van der Waals surface area contributed by atoms with E-state index in [1.807, 2.05) is 0 Å². The molecule has 0 saturated heterocycles. The molecule has 3 nitrogen and oxygen atoms in total. The number of nitrogens with zero attached hydrogens (tertiary/aromatic N) is 1. The zero-order valence-corrected chi connectivity index (χ0v) is 7.55. The minimum Gasteiger partial charge on any atom is -0.384 e. The number of rotatable bonds is 2. The maximum atomic E-state index is 12.4. The largest absolute Gasteiger partial charge is 0.417 e. The first kappa shape index (κ1) is 12.3. The van der Waals surface area contributed by atoms with E-state index in [2.05, 4.69) is 4.98 Å². The predicted octanol–water partition coefficient (Wildman–Crippen LogP) is 2.43. The Morgan fingerprint density at radius 3 is 2.31 bits per heavy atom. The minimum absolute atomic E-state index is 0.309. The molecule has 0 radical (unpaired) electrons. The molecule has 1 rings (SSSR count). The lowest BCUT2D eigenvalue weighted by Gasteiger charge is -2.12. The van der Waals surface area contributed by atoms with Crippen LogP contribution in [0.3, 0.4) is 0 Å². The SMILES string of the molecule is Nc1cc(C(F)(F)F)c(C=O)c(C(F)F)n1. The first-order valence-corrected chi connectivity index (χ1v) is 3.88. The fraction of sp³-hybridized carbons (Fsp3) is 0.250. The normalized spacial score (nSPS) is 11.9. The van der Waals surface area contributed by atoms with Gasteiger partial charge in [0.2, 0.25) is 0 Å². The fourth-order valence-corrected chi connectivity index (χ4v) is 1.12. The summed E-state index contributed by atoms with van der Waals surface area (Å²) >= 11 is 0. The third kappa shape index (κ3) is 2.26. The number of nitrogens with two attached hydrogens (primary N) is 1. The van der Waals surface area contributed by atoms with Crippen molar-refractivity contribution in [2.45, 2.75) is 12.6 Å². The van der Waals surface area contributed by atoms with Gasteiger partial charge in [-0.2, -0.15) is 13.2 Å². The summed E-state index contributed by atoms with van der Waals surface area (Å²) in [6.45, 7) is 0. The Balaban J connectivity index is 3.55. The molecule has 0 aliphatic carbocycles. The van der Waals surface area contributed by atoms with Crippen molar-refractivity contribution < 1.29 is 26.7 Å². The molecule has 1 heterocycles. The maximum absolute atomic E-state index is 12.4. The highest BCUT2D eigenvalue weighted by atomic mass is 19.4. The molecule has 0 aliphatic heterocycles. The lowest BCUT2D eigenvalue weighted by atomic mass is 10.1. The Hall–Kier alpha value is -1.73. The van der Waals surface area contributed by atoms with Crippen LogP contribution in [0.1, 0.15) is 28.0 Å². The van der Waals surface area contributed by atoms with E-state index < -0.39 is 35.2 Å². The van der Waals surface area contributed by atoms with Gasteiger partial charge in [-0.25, -0.2) is 13.8 Å². The van der Waals surface area contributed by atoms with Crippen LogP contribution in [0.4, 0.5) is 27.8 Å². The van der Waals surface area contributed by atoms with E-state index in [9.17, 15) is 26.7 Å². The molecule has 0 spiro atoms. The lowest BCUT2D eigenvalue weighted by molar-refractivity contribution is -0.138. The van der Waals surface area contributed by atoms with Crippen LogP contribution >= 0.6 is 0 Å². The van der Waals surface area contributed by atoms with E-state index >= 15 is 0 Å². The second kappa shape index (κ2) is 4.03. The minimum atomic E-state index is -4.93. The third-order valence-electron chi connectivity index (χ3n) is 1.74. The molecule has 1 aromatic heterocycles. The number of carbonyl (C=O) groups is 1.